The molecule has 8 nitrogen and oxygen atoms in total. The first-order valence-electron chi connectivity index (χ1n) is 7.25. The molecule has 0 saturated carbocycles. The third-order valence-electron chi connectivity index (χ3n) is 3.20. The van der Waals surface area contributed by atoms with E-state index in [1.807, 2.05) is 19.1 Å². The molecule has 0 aliphatic carbocycles. The number of carbonyl (C=O) groups excluding carboxylic acids is 1. The highest BCUT2D eigenvalue weighted by Crippen LogP contribution is 2.14. The summed E-state index contributed by atoms with van der Waals surface area (Å²) in [5, 5.41) is 11.0. The highest BCUT2D eigenvalue weighted by Gasteiger charge is 2.12. The molecule has 23 heavy (non-hydrogen) atoms. The summed E-state index contributed by atoms with van der Waals surface area (Å²) in [6, 6.07) is 3.62. The Kier molecular flexibility index (Phi) is 4.41. The minimum absolute atomic E-state index is 0.0907. The van der Waals surface area contributed by atoms with Crippen LogP contribution in [0.3, 0.4) is 0 Å². The number of pyridine rings is 1. The Labute approximate surface area is 132 Å². The molecule has 0 radical (unpaired) electrons. The maximum absolute atomic E-state index is 12.0. The van der Waals surface area contributed by atoms with E-state index in [9.17, 15) is 4.79 Å². The molecule has 8 heteroatoms. The van der Waals surface area contributed by atoms with Crippen molar-refractivity contribution in [2.45, 2.75) is 19.9 Å². The van der Waals surface area contributed by atoms with Crippen molar-refractivity contribution in [2.75, 3.05) is 6.61 Å². The van der Waals surface area contributed by atoms with E-state index < -0.39 is 0 Å². The van der Waals surface area contributed by atoms with Gasteiger partial charge in [-0.1, -0.05) is 0 Å². The molecule has 0 fully saturated rings. The topological polar surface area (TPSA) is 94.3 Å². The second-order valence-corrected chi connectivity index (χ2v) is 4.78. The van der Waals surface area contributed by atoms with Crippen molar-refractivity contribution in [1.29, 1.82) is 0 Å². The minimum atomic E-state index is -0.0907. The summed E-state index contributed by atoms with van der Waals surface area (Å²) in [6.45, 7) is 2.65. The van der Waals surface area contributed by atoms with Gasteiger partial charge in [-0.05, 0) is 24.6 Å². The lowest BCUT2D eigenvalue weighted by Gasteiger charge is -2.05. The van der Waals surface area contributed by atoms with Gasteiger partial charge in [0.1, 0.15) is 0 Å². The zero-order valence-electron chi connectivity index (χ0n) is 12.6. The zero-order valence-corrected chi connectivity index (χ0v) is 12.6. The Balaban J connectivity index is 1.68. The van der Waals surface area contributed by atoms with Gasteiger partial charge in [0.25, 0.3) is 5.88 Å². The second kappa shape index (κ2) is 6.82. The molecule has 3 aromatic heterocycles. The van der Waals surface area contributed by atoms with Crippen molar-refractivity contribution in [3.8, 4) is 5.88 Å². The van der Waals surface area contributed by atoms with Gasteiger partial charge in [-0.15, -0.1) is 10.2 Å². The van der Waals surface area contributed by atoms with Crippen LogP contribution in [0.25, 0.3) is 5.65 Å². The summed E-state index contributed by atoms with van der Waals surface area (Å²) in [7, 11) is 0. The maximum atomic E-state index is 12.0. The standard InChI is InChI=1S/C15H16N6O2/c1-2-23-15-14-20-19-12(21(14)8-7-17-15)10-18-13(22)9-11-3-5-16-6-4-11/h3-8H,2,9-10H2,1H3,(H,18,22). The van der Waals surface area contributed by atoms with Crippen LogP contribution in [0.4, 0.5) is 0 Å². The molecule has 0 atom stereocenters. The van der Waals surface area contributed by atoms with Gasteiger partial charge in [0.2, 0.25) is 11.6 Å². The number of hydrogen-bond donors (Lipinski definition) is 1. The van der Waals surface area contributed by atoms with Crippen molar-refractivity contribution >= 4 is 11.6 Å². The van der Waals surface area contributed by atoms with Gasteiger partial charge in [-0.3, -0.25) is 14.2 Å². The highest BCUT2D eigenvalue weighted by atomic mass is 16.5. The Morgan fingerprint density at radius 3 is 2.87 bits per heavy atom. The van der Waals surface area contributed by atoms with Gasteiger partial charge in [0.05, 0.1) is 19.6 Å². The van der Waals surface area contributed by atoms with Crippen LogP contribution < -0.4 is 10.1 Å². The van der Waals surface area contributed by atoms with Crippen molar-refractivity contribution in [3.63, 3.8) is 0 Å². The SMILES string of the molecule is CCOc1nccn2c(CNC(=O)Cc3ccncc3)nnc12. The van der Waals surface area contributed by atoms with Crippen LogP contribution in [-0.4, -0.2) is 37.1 Å². The summed E-state index contributed by atoms with van der Waals surface area (Å²) in [5.74, 6) is 0.954. The number of carbonyl (C=O) groups is 1. The summed E-state index contributed by atoms with van der Waals surface area (Å²) in [4.78, 5) is 20.0. The molecule has 0 unspecified atom stereocenters. The highest BCUT2D eigenvalue weighted by molar-refractivity contribution is 5.78. The Morgan fingerprint density at radius 2 is 2.09 bits per heavy atom. The number of amides is 1. The van der Waals surface area contributed by atoms with Crippen molar-refractivity contribution in [1.82, 2.24) is 29.9 Å². The lowest BCUT2D eigenvalue weighted by molar-refractivity contribution is -0.120. The van der Waals surface area contributed by atoms with Gasteiger partial charge in [-0.2, -0.15) is 0 Å². The third kappa shape index (κ3) is 3.42. The van der Waals surface area contributed by atoms with Gasteiger partial charge < -0.3 is 10.1 Å². The summed E-state index contributed by atoms with van der Waals surface area (Å²) in [5.41, 5.74) is 1.44. The molecule has 0 spiro atoms. The van der Waals surface area contributed by atoms with E-state index in [0.29, 0.717) is 30.4 Å². The fourth-order valence-electron chi connectivity index (χ4n) is 2.14. The Hall–Kier alpha value is -3.03. The first-order chi connectivity index (χ1) is 11.3. The number of nitrogens with zero attached hydrogens (tertiary/aromatic N) is 5. The fraction of sp³-hybridized carbons (Fsp3) is 0.267. The lowest BCUT2D eigenvalue weighted by atomic mass is 10.2. The van der Waals surface area contributed by atoms with E-state index in [2.05, 4.69) is 25.5 Å². The van der Waals surface area contributed by atoms with E-state index in [-0.39, 0.29) is 12.5 Å². The van der Waals surface area contributed by atoms with E-state index >= 15 is 0 Å². The van der Waals surface area contributed by atoms with Gasteiger partial charge in [-0.25, -0.2) is 4.98 Å². The van der Waals surface area contributed by atoms with Crippen molar-refractivity contribution in [2.24, 2.45) is 0 Å². The summed E-state index contributed by atoms with van der Waals surface area (Å²) in [6.07, 6.45) is 6.98. The smallest absolute Gasteiger partial charge is 0.260 e. The molecule has 0 aliphatic heterocycles. The maximum Gasteiger partial charge on any atom is 0.260 e. The second-order valence-electron chi connectivity index (χ2n) is 4.78. The Bertz CT molecular complexity index is 802. The molecule has 1 N–H and O–H groups in total. The van der Waals surface area contributed by atoms with E-state index in [1.54, 1.807) is 29.2 Å². The average molecular weight is 312 g/mol. The van der Waals surface area contributed by atoms with E-state index in [4.69, 9.17) is 4.74 Å². The molecular formula is C15H16N6O2. The van der Waals surface area contributed by atoms with Crippen molar-refractivity contribution < 1.29 is 9.53 Å². The number of aromatic nitrogens is 5. The first kappa shape index (κ1) is 14.9. The zero-order chi connectivity index (χ0) is 16.1. The summed E-state index contributed by atoms with van der Waals surface area (Å²) >= 11 is 0. The van der Waals surface area contributed by atoms with Crippen LogP contribution in [0.1, 0.15) is 18.3 Å². The first-order valence-corrected chi connectivity index (χ1v) is 7.25. The van der Waals surface area contributed by atoms with Crippen LogP contribution in [0, 0.1) is 0 Å². The molecule has 0 saturated heterocycles. The van der Waals surface area contributed by atoms with Crippen LogP contribution >= 0.6 is 0 Å². The molecule has 3 heterocycles. The quantitative estimate of drug-likeness (QED) is 0.723. The number of hydrogen-bond acceptors (Lipinski definition) is 6. The molecule has 0 aromatic carbocycles. The molecule has 118 valence electrons. The molecule has 0 aliphatic rings. The number of ether oxygens (including phenoxy) is 1. The molecule has 3 rings (SSSR count). The van der Waals surface area contributed by atoms with Crippen LogP contribution in [-0.2, 0) is 17.8 Å². The molecule has 3 aromatic rings. The van der Waals surface area contributed by atoms with Gasteiger partial charge >= 0.3 is 0 Å². The number of rotatable bonds is 6. The average Bonchev–Trinajstić information content (AvgIpc) is 2.98. The lowest BCUT2D eigenvalue weighted by Crippen LogP contribution is -2.25. The predicted octanol–water partition coefficient (Wildman–Crippen LogP) is 0.777. The van der Waals surface area contributed by atoms with E-state index in [1.165, 1.54) is 0 Å². The monoisotopic (exact) mass is 312 g/mol. The molecule has 0 bridgehead atoms. The fourth-order valence-corrected chi connectivity index (χ4v) is 2.14. The number of fused-ring (bicyclic) bond motifs is 1. The van der Waals surface area contributed by atoms with Gasteiger partial charge in [0, 0.05) is 24.8 Å². The van der Waals surface area contributed by atoms with Gasteiger partial charge in [0.15, 0.2) is 5.82 Å². The van der Waals surface area contributed by atoms with Crippen molar-refractivity contribution in [3.05, 3.63) is 48.3 Å². The Morgan fingerprint density at radius 1 is 1.26 bits per heavy atom. The predicted molar refractivity (Wildman–Crippen MR) is 81.7 cm³/mol. The van der Waals surface area contributed by atoms with Crippen LogP contribution in [0.2, 0.25) is 0 Å². The largest absolute Gasteiger partial charge is 0.475 e. The van der Waals surface area contributed by atoms with Crippen LogP contribution in [0.5, 0.6) is 5.88 Å². The molecule has 1 amide bonds. The normalized spacial score (nSPS) is 10.7. The summed E-state index contributed by atoms with van der Waals surface area (Å²) < 4.78 is 7.16. The number of nitrogens with one attached hydrogen (secondary N) is 1. The third-order valence-corrected chi connectivity index (χ3v) is 3.20. The molecular weight excluding hydrogens is 296 g/mol. The van der Waals surface area contributed by atoms with Crippen LogP contribution in [0.15, 0.2) is 36.9 Å². The van der Waals surface area contributed by atoms with E-state index in [0.717, 1.165) is 5.56 Å². The minimum Gasteiger partial charge on any atom is -0.475 e.